The Hall–Kier alpha value is -2.01. The van der Waals surface area contributed by atoms with E-state index in [0.717, 1.165) is 4.57 Å². The van der Waals surface area contributed by atoms with Crippen molar-refractivity contribution in [3.05, 3.63) is 27.2 Å². The average Bonchev–Trinajstić information content (AvgIpc) is 2.95. The molecule has 1 aliphatic rings. The summed E-state index contributed by atoms with van der Waals surface area (Å²) in [5.74, 6) is 0. The van der Waals surface area contributed by atoms with Crippen LogP contribution < -0.4 is 15.8 Å². The second-order valence-corrected chi connectivity index (χ2v) is 5.35. The first-order chi connectivity index (χ1) is 10.4. The Balaban J connectivity index is 2.21. The normalized spacial score (nSPS) is 28.6. The molecule has 4 atom stereocenters. The lowest BCUT2D eigenvalue weighted by Crippen LogP contribution is -2.39. The van der Waals surface area contributed by atoms with Crippen LogP contribution in [0.5, 0.6) is 0 Å². The maximum atomic E-state index is 12.2. The first kappa shape index (κ1) is 14.9. The maximum absolute atomic E-state index is 12.2. The van der Waals surface area contributed by atoms with Gasteiger partial charge in [-0.1, -0.05) is 0 Å². The Morgan fingerprint density at radius 1 is 1.36 bits per heavy atom. The third kappa shape index (κ3) is 1.92. The van der Waals surface area contributed by atoms with Crippen LogP contribution in [-0.4, -0.2) is 54.4 Å². The van der Waals surface area contributed by atoms with Crippen molar-refractivity contribution in [3.8, 4) is 0 Å². The molecule has 10 nitrogen and oxygen atoms in total. The molecule has 0 aromatic carbocycles. The van der Waals surface area contributed by atoms with Crippen molar-refractivity contribution in [1.29, 1.82) is 0 Å². The van der Waals surface area contributed by atoms with Gasteiger partial charge in [0, 0.05) is 7.05 Å². The highest BCUT2D eigenvalue weighted by atomic mass is 16.6. The summed E-state index contributed by atoms with van der Waals surface area (Å²) in [6.45, 7) is -0.460. The average molecular weight is 313 g/mol. The molecule has 10 heteroatoms. The van der Waals surface area contributed by atoms with E-state index in [2.05, 4.69) is 4.98 Å². The van der Waals surface area contributed by atoms with E-state index in [9.17, 15) is 19.8 Å². The van der Waals surface area contributed by atoms with Gasteiger partial charge in [-0.15, -0.1) is 0 Å². The third-order valence-electron chi connectivity index (χ3n) is 3.96. The summed E-state index contributed by atoms with van der Waals surface area (Å²) >= 11 is 0. The molecule has 0 bridgehead atoms. The van der Waals surface area contributed by atoms with Crippen molar-refractivity contribution in [2.24, 2.45) is 14.1 Å². The highest BCUT2D eigenvalue weighted by Crippen LogP contribution is 2.30. The maximum Gasteiger partial charge on any atom is 0.331 e. The molecule has 2 aromatic rings. The number of rotatable bonds is 2. The molecule has 3 heterocycles. The molecule has 1 aliphatic heterocycles. The second kappa shape index (κ2) is 5.02. The van der Waals surface area contributed by atoms with Gasteiger partial charge in [-0.25, -0.2) is 9.36 Å². The number of nitrogens with zero attached hydrogens (tertiary/aromatic N) is 3. The van der Waals surface area contributed by atoms with Gasteiger partial charge in [0.15, 0.2) is 0 Å². The van der Waals surface area contributed by atoms with E-state index < -0.39 is 42.4 Å². The Morgan fingerprint density at radius 2 is 2.05 bits per heavy atom. The summed E-state index contributed by atoms with van der Waals surface area (Å²) in [6.07, 6.45) is -3.07. The zero-order chi connectivity index (χ0) is 16.2. The monoisotopic (exact) mass is 313 g/mol. The molecule has 120 valence electrons. The number of nitrogens with one attached hydrogen (secondary N) is 1. The minimum atomic E-state index is -1.31. The van der Waals surface area contributed by atoms with Gasteiger partial charge in [0.25, 0.3) is 11.2 Å². The van der Waals surface area contributed by atoms with Crippen molar-refractivity contribution in [3.63, 3.8) is 0 Å². The zero-order valence-corrected chi connectivity index (χ0v) is 12.0. The second-order valence-electron chi connectivity index (χ2n) is 5.35. The number of hydrogen-bond donors (Lipinski definition) is 4. The fourth-order valence-corrected chi connectivity index (χ4v) is 2.71. The van der Waals surface area contributed by atoms with Crippen molar-refractivity contribution in [1.82, 2.24) is 14.1 Å². The molecule has 0 saturated carbocycles. The molecule has 1 saturated heterocycles. The van der Waals surface area contributed by atoms with Crippen LogP contribution in [0.2, 0.25) is 0 Å². The molecule has 0 spiro atoms. The molecule has 3 rings (SSSR count). The van der Waals surface area contributed by atoms with Gasteiger partial charge in [-0.2, -0.15) is 4.57 Å². The lowest BCUT2D eigenvalue weighted by Gasteiger charge is -2.11. The number of aromatic nitrogens is 4. The predicted octanol–water partition coefficient (Wildman–Crippen LogP) is -3.54. The standard InChI is InChI=1S/C12H16N4O6/c1-14-4-16(11-8(19)7(18)5(3-17)22-11)9-6(14)10(20)15(2)12(21)13-9/h4-5,7-8,11,17-19H,3H2,1-2H3/p+1/t5-,7-,8-,11-/m1/s1. The lowest BCUT2D eigenvalue weighted by molar-refractivity contribution is -0.646. The van der Waals surface area contributed by atoms with Crippen LogP contribution in [0.3, 0.4) is 0 Å². The summed E-state index contributed by atoms with van der Waals surface area (Å²) < 4.78 is 9.21. The number of fused-ring (bicyclic) bond motifs is 1. The van der Waals surface area contributed by atoms with E-state index in [4.69, 9.17) is 9.84 Å². The molecule has 0 unspecified atom stereocenters. The molecular formula is C12H17N4O6+. The highest BCUT2D eigenvalue weighted by Gasteiger charge is 2.47. The summed E-state index contributed by atoms with van der Waals surface area (Å²) in [5.41, 5.74) is -0.707. The third-order valence-corrected chi connectivity index (χ3v) is 3.96. The van der Waals surface area contributed by atoms with Crippen LogP contribution in [0.25, 0.3) is 11.2 Å². The number of hydrogen-bond acceptors (Lipinski definition) is 6. The first-order valence-corrected chi connectivity index (χ1v) is 6.68. The van der Waals surface area contributed by atoms with Gasteiger partial charge < -0.3 is 20.1 Å². The van der Waals surface area contributed by atoms with Gasteiger partial charge >= 0.3 is 11.2 Å². The number of H-pyrrole nitrogens is 1. The van der Waals surface area contributed by atoms with Crippen LogP contribution >= 0.6 is 0 Å². The molecule has 1 fully saturated rings. The lowest BCUT2D eigenvalue weighted by atomic mass is 10.1. The Kier molecular flexibility index (Phi) is 3.40. The van der Waals surface area contributed by atoms with Crippen molar-refractivity contribution in [2.75, 3.05) is 6.61 Å². The number of aliphatic hydroxyl groups excluding tert-OH is 3. The summed E-state index contributed by atoms with van der Waals surface area (Å²) in [6, 6.07) is 0. The quantitative estimate of drug-likeness (QED) is 0.424. The molecule has 0 radical (unpaired) electrons. The van der Waals surface area contributed by atoms with Crippen LogP contribution in [0, 0.1) is 0 Å². The largest absolute Gasteiger partial charge is 0.394 e. The minimum absolute atomic E-state index is 0.172. The van der Waals surface area contributed by atoms with E-state index in [1.54, 1.807) is 7.05 Å². The number of aliphatic hydroxyl groups is 3. The van der Waals surface area contributed by atoms with Gasteiger partial charge in [0.1, 0.15) is 18.3 Å². The predicted molar refractivity (Wildman–Crippen MR) is 72.0 cm³/mol. The minimum Gasteiger partial charge on any atom is -0.394 e. The highest BCUT2D eigenvalue weighted by molar-refractivity contribution is 5.65. The SMILES string of the molecule is Cn1c(=O)[nH]c2c(c1=O)[n+](C)cn2[C@@H]1O[C@H](CO)[C@@H](O)[C@H]1O. The van der Waals surface area contributed by atoms with Crippen LogP contribution in [0.15, 0.2) is 15.9 Å². The number of aromatic amines is 1. The van der Waals surface area contributed by atoms with E-state index in [-0.39, 0.29) is 11.2 Å². The van der Waals surface area contributed by atoms with E-state index in [1.807, 2.05) is 0 Å². The fraction of sp³-hybridized carbons (Fsp3) is 0.583. The number of aryl methyl sites for hydroxylation is 1. The molecule has 4 N–H and O–H groups in total. The van der Waals surface area contributed by atoms with Gasteiger partial charge in [-0.05, 0) is 0 Å². The summed E-state index contributed by atoms with van der Waals surface area (Å²) in [5, 5.41) is 29.1. The Labute approximate surface area is 123 Å². The summed E-state index contributed by atoms with van der Waals surface area (Å²) in [4.78, 5) is 26.5. The fourth-order valence-electron chi connectivity index (χ4n) is 2.71. The first-order valence-electron chi connectivity index (χ1n) is 6.68. The van der Waals surface area contributed by atoms with Crippen molar-refractivity contribution in [2.45, 2.75) is 24.5 Å². The van der Waals surface area contributed by atoms with Crippen molar-refractivity contribution < 1.29 is 24.6 Å². The van der Waals surface area contributed by atoms with Crippen LogP contribution in [0.1, 0.15) is 6.23 Å². The summed E-state index contributed by atoms with van der Waals surface area (Å²) in [7, 11) is 2.96. The zero-order valence-electron chi connectivity index (χ0n) is 12.0. The van der Waals surface area contributed by atoms with Crippen molar-refractivity contribution >= 4 is 11.2 Å². The number of ether oxygens (including phenoxy) is 1. The smallest absolute Gasteiger partial charge is 0.331 e. The number of imidazole rings is 1. The van der Waals surface area contributed by atoms with Crippen LogP contribution in [0.4, 0.5) is 0 Å². The molecule has 0 aliphatic carbocycles. The topological polar surface area (TPSA) is 134 Å². The van der Waals surface area contributed by atoms with E-state index >= 15 is 0 Å². The van der Waals surface area contributed by atoms with Gasteiger partial charge in [0.05, 0.1) is 13.7 Å². The molecule has 22 heavy (non-hydrogen) atoms. The van der Waals surface area contributed by atoms with Gasteiger partial charge in [-0.3, -0.25) is 14.3 Å². The van der Waals surface area contributed by atoms with E-state index in [0.29, 0.717) is 0 Å². The van der Waals surface area contributed by atoms with Crippen LogP contribution in [-0.2, 0) is 18.8 Å². The molecule has 0 amide bonds. The van der Waals surface area contributed by atoms with Gasteiger partial charge in [0.2, 0.25) is 12.6 Å². The Bertz CT molecular complexity index is 836. The molecular weight excluding hydrogens is 296 g/mol. The Morgan fingerprint density at radius 3 is 2.64 bits per heavy atom. The molecule has 2 aromatic heterocycles. The van der Waals surface area contributed by atoms with E-state index in [1.165, 1.54) is 22.5 Å².